The van der Waals surface area contributed by atoms with Crippen molar-refractivity contribution in [3.05, 3.63) is 72.8 Å². The molecule has 0 bridgehead atoms. The SMILES string of the molecule is C=PCPC.CPc1ccc2ccccc2c1-c1c(PC)ccc2ccccc12. The van der Waals surface area contributed by atoms with Crippen molar-refractivity contribution in [1.29, 1.82) is 0 Å². The van der Waals surface area contributed by atoms with Crippen LogP contribution in [0.1, 0.15) is 0 Å². The fourth-order valence-corrected chi connectivity index (χ4v) is 6.02. The van der Waals surface area contributed by atoms with Crippen LogP contribution in [0.15, 0.2) is 72.8 Å². The molecule has 4 rings (SSSR count). The molecule has 29 heavy (non-hydrogen) atoms. The van der Waals surface area contributed by atoms with Gasteiger partial charge in [0.05, 0.1) is 0 Å². The fraction of sp³-hybridized carbons (Fsp3) is 0.160. The maximum absolute atomic E-state index is 3.65. The van der Waals surface area contributed by atoms with E-state index in [-0.39, 0.29) is 0 Å². The first kappa shape index (κ1) is 22.5. The van der Waals surface area contributed by atoms with Crippen LogP contribution in [0.4, 0.5) is 0 Å². The Labute approximate surface area is 182 Å². The van der Waals surface area contributed by atoms with Gasteiger partial charge in [0, 0.05) is 5.90 Å². The van der Waals surface area contributed by atoms with Crippen LogP contribution in [0.3, 0.4) is 0 Å². The normalized spacial score (nSPS) is 12.1. The third-order valence-electron chi connectivity index (χ3n) is 4.92. The Hall–Kier alpha value is -1.14. The molecule has 0 fully saturated rings. The summed E-state index contributed by atoms with van der Waals surface area (Å²) in [6.07, 6.45) is 3.65. The van der Waals surface area contributed by atoms with Gasteiger partial charge in [0.15, 0.2) is 0 Å². The molecule has 4 aromatic carbocycles. The molecule has 0 aromatic heterocycles. The van der Waals surface area contributed by atoms with Crippen LogP contribution < -0.4 is 10.6 Å². The first-order valence-corrected chi connectivity index (χ1v) is 15.7. The molecule has 0 saturated heterocycles. The second-order valence-corrected chi connectivity index (χ2v) is 11.2. The van der Waals surface area contributed by atoms with Crippen molar-refractivity contribution >= 4 is 72.4 Å². The molecule has 148 valence electrons. The standard InChI is InChI=1S/C22H20P2.C3H8P2/c1-23-19-13-11-15-7-3-5-9-17(15)21(19)22-18-10-6-4-8-16(18)12-14-20(22)24-2;1-4-3-5-2/h3-14,23-24H,1-2H3;5H,1,3H2,2H3. The largest absolute Gasteiger partial charge is 0.117 e. The summed E-state index contributed by atoms with van der Waals surface area (Å²) in [7, 11) is 3.95. The summed E-state index contributed by atoms with van der Waals surface area (Å²) < 4.78 is 0. The number of fused-ring (bicyclic) bond motifs is 2. The second-order valence-electron chi connectivity index (χ2n) is 6.65. The van der Waals surface area contributed by atoms with Crippen molar-refractivity contribution in [1.82, 2.24) is 0 Å². The van der Waals surface area contributed by atoms with Gasteiger partial charge in [-0.15, -0.1) is 16.8 Å². The second kappa shape index (κ2) is 11.3. The first-order valence-electron chi connectivity index (χ1n) is 9.71. The lowest BCUT2D eigenvalue weighted by molar-refractivity contribution is 1.73. The minimum atomic E-state index is 0.790. The monoisotopic (exact) mass is 452 g/mol. The van der Waals surface area contributed by atoms with Crippen molar-refractivity contribution in [3.8, 4) is 11.1 Å². The lowest BCUT2D eigenvalue weighted by atomic mass is 9.94. The molecule has 4 heteroatoms. The van der Waals surface area contributed by atoms with E-state index in [1.54, 1.807) is 0 Å². The molecule has 0 spiro atoms. The Kier molecular flexibility index (Phi) is 8.79. The summed E-state index contributed by atoms with van der Waals surface area (Å²) in [6, 6.07) is 26.8. The molecule has 0 amide bonds. The van der Waals surface area contributed by atoms with E-state index >= 15 is 0 Å². The molecule has 4 aromatic rings. The van der Waals surface area contributed by atoms with E-state index in [9.17, 15) is 0 Å². The van der Waals surface area contributed by atoms with Crippen LogP contribution in [0.2, 0.25) is 0 Å². The Morgan fingerprint density at radius 1 is 0.655 bits per heavy atom. The zero-order valence-electron chi connectivity index (χ0n) is 17.3. The van der Waals surface area contributed by atoms with Gasteiger partial charge in [0.1, 0.15) is 0 Å². The summed E-state index contributed by atoms with van der Waals surface area (Å²) >= 11 is 0. The molecule has 0 heterocycles. The van der Waals surface area contributed by atoms with E-state index < -0.39 is 0 Å². The van der Waals surface area contributed by atoms with Crippen LogP contribution in [-0.2, 0) is 0 Å². The third kappa shape index (κ3) is 5.13. The molecule has 0 aliphatic rings. The van der Waals surface area contributed by atoms with Gasteiger partial charge in [-0.25, -0.2) is 0 Å². The maximum Gasteiger partial charge on any atom is 0.00616 e. The smallest absolute Gasteiger partial charge is 0.00616 e. The van der Waals surface area contributed by atoms with E-state index in [1.165, 1.54) is 57.4 Å². The highest BCUT2D eigenvalue weighted by Gasteiger charge is 2.15. The van der Waals surface area contributed by atoms with E-state index in [4.69, 9.17) is 0 Å². The highest BCUT2D eigenvalue weighted by atomic mass is 31.1. The molecular weight excluding hydrogens is 424 g/mol. The van der Waals surface area contributed by atoms with Crippen molar-refractivity contribution in [2.24, 2.45) is 0 Å². The Bertz CT molecular complexity index is 1030. The Balaban J connectivity index is 0.000000431. The number of rotatable bonds is 5. The topological polar surface area (TPSA) is 0 Å². The fourth-order valence-electron chi connectivity index (χ4n) is 3.61. The van der Waals surface area contributed by atoms with Gasteiger partial charge < -0.3 is 0 Å². The number of hydrogen-bond acceptors (Lipinski definition) is 0. The summed E-state index contributed by atoms with van der Waals surface area (Å²) in [4.78, 5) is 0. The molecule has 0 saturated carbocycles. The molecule has 0 aliphatic carbocycles. The number of hydrogen-bond donors (Lipinski definition) is 0. The van der Waals surface area contributed by atoms with E-state index in [2.05, 4.69) is 99.1 Å². The van der Waals surface area contributed by atoms with Gasteiger partial charge in [-0.2, -0.15) is 0 Å². The van der Waals surface area contributed by atoms with E-state index in [0.717, 1.165) is 25.7 Å². The highest BCUT2D eigenvalue weighted by molar-refractivity contribution is 7.54. The van der Waals surface area contributed by atoms with Crippen molar-refractivity contribution in [2.75, 3.05) is 25.9 Å². The van der Waals surface area contributed by atoms with Crippen molar-refractivity contribution < 1.29 is 0 Å². The predicted molar refractivity (Wildman–Crippen MR) is 148 cm³/mol. The first-order chi connectivity index (χ1) is 14.2. The van der Waals surface area contributed by atoms with Crippen LogP contribution in [0.25, 0.3) is 32.7 Å². The predicted octanol–water partition coefficient (Wildman–Crippen LogP) is 7.16. The van der Waals surface area contributed by atoms with Gasteiger partial charge >= 0.3 is 0 Å². The van der Waals surface area contributed by atoms with Gasteiger partial charge in [0.2, 0.25) is 0 Å². The molecule has 3 unspecified atom stereocenters. The highest BCUT2D eigenvalue weighted by Crippen LogP contribution is 2.36. The van der Waals surface area contributed by atoms with E-state index in [1.807, 2.05) is 0 Å². The summed E-state index contributed by atoms with van der Waals surface area (Å²) in [5, 5.41) is 8.33. The molecule has 0 aliphatic heterocycles. The lowest BCUT2D eigenvalue weighted by Crippen LogP contribution is -2.08. The average Bonchev–Trinajstić information content (AvgIpc) is 2.78. The minimum absolute atomic E-state index is 0.790. The summed E-state index contributed by atoms with van der Waals surface area (Å²) in [5.74, 6) is 1.28. The third-order valence-corrected chi connectivity index (χ3v) is 8.99. The van der Waals surface area contributed by atoms with Crippen molar-refractivity contribution in [3.63, 3.8) is 0 Å². The summed E-state index contributed by atoms with van der Waals surface area (Å²) in [6.45, 7) is 6.76. The maximum atomic E-state index is 3.65. The average molecular weight is 452 g/mol. The van der Waals surface area contributed by atoms with Crippen LogP contribution in [0.5, 0.6) is 0 Å². The molecule has 3 atom stereocenters. The lowest BCUT2D eigenvalue weighted by Gasteiger charge is -2.18. The Morgan fingerprint density at radius 2 is 1.10 bits per heavy atom. The number of benzene rings is 4. The quantitative estimate of drug-likeness (QED) is 0.282. The Morgan fingerprint density at radius 3 is 1.45 bits per heavy atom. The molecule has 0 nitrogen and oxygen atoms in total. The minimum Gasteiger partial charge on any atom is -0.117 e. The molecule has 0 radical (unpaired) electrons. The van der Waals surface area contributed by atoms with Crippen LogP contribution in [-0.4, -0.2) is 32.2 Å². The zero-order valence-corrected chi connectivity index (χ0v) is 21.2. The van der Waals surface area contributed by atoms with Gasteiger partial charge in [0.25, 0.3) is 0 Å². The van der Waals surface area contributed by atoms with Gasteiger partial charge in [-0.3, -0.25) is 0 Å². The van der Waals surface area contributed by atoms with Gasteiger partial charge in [-0.05, 0) is 63.3 Å². The van der Waals surface area contributed by atoms with Gasteiger partial charge in [-0.1, -0.05) is 96.3 Å². The van der Waals surface area contributed by atoms with Crippen LogP contribution >= 0.6 is 33.9 Å². The van der Waals surface area contributed by atoms with Crippen molar-refractivity contribution in [2.45, 2.75) is 0 Å². The molecule has 0 N–H and O–H groups in total. The van der Waals surface area contributed by atoms with E-state index in [0.29, 0.717) is 0 Å². The zero-order chi connectivity index (χ0) is 20.6. The summed E-state index contributed by atoms with van der Waals surface area (Å²) in [5.41, 5.74) is 2.88. The molecular formula is C25H28P4. The van der Waals surface area contributed by atoms with Crippen LogP contribution in [0, 0.1) is 0 Å².